The first kappa shape index (κ1) is 10.3. The van der Waals surface area contributed by atoms with Gasteiger partial charge in [0.1, 0.15) is 0 Å². The molecule has 1 aromatic carbocycles. The number of hydrogen-bond donors (Lipinski definition) is 0. The van der Waals surface area contributed by atoms with Gasteiger partial charge in [-0.15, -0.1) is 0 Å². The van der Waals surface area contributed by atoms with E-state index in [0.29, 0.717) is 0 Å². The summed E-state index contributed by atoms with van der Waals surface area (Å²) in [7, 11) is 0. The molecule has 0 heterocycles. The molecule has 2 heteroatoms. The van der Waals surface area contributed by atoms with E-state index in [-0.39, 0.29) is 51.4 Å². The largest absolute Gasteiger partial charge is 0.0876 e. The van der Waals surface area contributed by atoms with Gasteiger partial charge in [-0.1, -0.05) is 46.3 Å². The number of halogens is 1. The molecule has 0 nitrogen and oxygen atoms in total. The van der Waals surface area contributed by atoms with Crippen molar-refractivity contribution >= 4 is 67.3 Å². The molecule has 0 aliphatic rings. The average molecular weight is 210 g/mol. The smallest absolute Gasteiger partial charge is 0.0283 e. The Balaban J connectivity index is 0.000000640. The van der Waals surface area contributed by atoms with Crippen LogP contribution in [0.3, 0.4) is 0 Å². The Morgan fingerprint density at radius 3 is 2.00 bits per heavy atom. The van der Waals surface area contributed by atoms with Gasteiger partial charge in [0, 0.05) is 56.7 Å². The number of benzene rings is 1. The Hall–Kier alpha value is 1.34. The van der Waals surface area contributed by atoms with Gasteiger partial charge in [0.15, 0.2) is 0 Å². The Bertz CT molecular complexity index is 150. The molecule has 0 fully saturated rings. The van der Waals surface area contributed by atoms with Gasteiger partial charge in [0.05, 0.1) is 0 Å². The first-order valence-corrected chi connectivity index (χ1v) is 3.65. The van der Waals surface area contributed by atoms with E-state index < -0.39 is 0 Å². The van der Waals surface area contributed by atoms with Crippen molar-refractivity contribution in [1.29, 1.82) is 0 Å². The fourth-order valence-corrected chi connectivity index (χ4v) is 0.941. The van der Waals surface area contributed by atoms with E-state index >= 15 is 0 Å². The number of rotatable bonds is 1. The van der Waals surface area contributed by atoms with Gasteiger partial charge >= 0.3 is 0 Å². The third-order valence-corrected chi connectivity index (χ3v) is 1.64. The minimum absolute atomic E-state index is 0. The zero-order valence-corrected chi connectivity index (χ0v) is 10.2. The fourth-order valence-electron chi connectivity index (χ4n) is 0.567. The second-order valence-corrected chi connectivity index (χ2v) is 2.18. The summed E-state index contributed by atoms with van der Waals surface area (Å²) in [4.78, 5) is 0. The Labute approximate surface area is 107 Å². The number of alkyl halides is 1. The van der Waals surface area contributed by atoms with Crippen molar-refractivity contribution in [3.8, 4) is 0 Å². The van der Waals surface area contributed by atoms with Crippen molar-refractivity contribution in [2.75, 3.05) is 0 Å². The van der Waals surface area contributed by atoms with Gasteiger partial charge in [0.25, 0.3) is 0 Å². The van der Waals surface area contributed by atoms with Gasteiger partial charge < -0.3 is 0 Å². The summed E-state index contributed by atoms with van der Waals surface area (Å²) in [5.41, 5.74) is 1.33. The summed E-state index contributed by atoms with van der Waals surface area (Å²) in [6, 6.07) is 10.3. The van der Waals surface area contributed by atoms with E-state index in [1.807, 2.05) is 18.2 Å². The third kappa shape index (κ3) is 3.91. The first-order valence-electron chi connectivity index (χ1n) is 2.53. The van der Waals surface area contributed by atoms with Crippen LogP contribution < -0.4 is 0 Å². The van der Waals surface area contributed by atoms with Crippen LogP contribution >= 0.6 is 15.9 Å². The Morgan fingerprint density at radius 1 is 1.11 bits per heavy atom. The summed E-state index contributed by atoms with van der Waals surface area (Å²) in [6.07, 6.45) is 0. The molecule has 0 spiro atoms. The topological polar surface area (TPSA) is 0 Å². The summed E-state index contributed by atoms with van der Waals surface area (Å²) in [5, 5.41) is 0.952. The van der Waals surface area contributed by atoms with Crippen molar-refractivity contribution in [3.63, 3.8) is 0 Å². The van der Waals surface area contributed by atoms with Crippen LogP contribution in [0.15, 0.2) is 30.3 Å². The van der Waals surface area contributed by atoms with Crippen molar-refractivity contribution in [1.82, 2.24) is 0 Å². The maximum absolute atomic E-state index is 3.36. The van der Waals surface area contributed by atoms with Gasteiger partial charge in [-0.25, -0.2) is 0 Å². The van der Waals surface area contributed by atoms with Crippen LogP contribution in [0.1, 0.15) is 5.56 Å². The molecule has 0 aliphatic carbocycles. The van der Waals surface area contributed by atoms with Crippen LogP contribution in [0.5, 0.6) is 0 Å². The van der Waals surface area contributed by atoms with Crippen LogP contribution in [0.2, 0.25) is 0 Å². The Morgan fingerprint density at radius 2 is 1.67 bits per heavy atom. The molecule has 43 valence electrons. The van der Waals surface area contributed by atoms with Crippen molar-refractivity contribution < 1.29 is 0 Å². The fraction of sp³-hybridized carbons (Fsp3) is 0.143. The first-order chi connectivity index (χ1) is 3.93. The maximum Gasteiger partial charge on any atom is 0.0283 e. The zero-order chi connectivity index (χ0) is 5.82. The minimum Gasteiger partial charge on any atom is -0.0876 e. The summed E-state index contributed by atoms with van der Waals surface area (Å²) < 4.78 is 0. The summed E-state index contributed by atoms with van der Waals surface area (Å²) in [5.74, 6) is 0. The van der Waals surface area contributed by atoms with Crippen LogP contribution in [-0.4, -0.2) is 51.4 Å². The van der Waals surface area contributed by atoms with Gasteiger partial charge in [0.2, 0.25) is 0 Å². The predicted molar refractivity (Wildman–Crippen MR) is 44.8 cm³/mol. The number of hydrogen-bond acceptors (Lipinski definition) is 0. The molecule has 9 heavy (non-hydrogen) atoms. The monoisotopic (exact) mass is 209 g/mol. The molecule has 0 atom stereocenters. The van der Waals surface area contributed by atoms with Crippen LogP contribution in [0.25, 0.3) is 0 Å². The van der Waals surface area contributed by atoms with E-state index in [2.05, 4.69) is 28.1 Å². The average Bonchev–Trinajstić information content (AvgIpc) is 1.90. The molecular weight excluding hydrogens is 203 g/mol. The molecule has 0 aromatic heterocycles. The molecular formula is C7H7BrK. The molecule has 0 amide bonds. The zero-order valence-electron chi connectivity index (χ0n) is 5.47. The van der Waals surface area contributed by atoms with E-state index in [9.17, 15) is 0 Å². The third-order valence-electron chi connectivity index (χ3n) is 0.997. The molecule has 0 unspecified atom stereocenters. The standard InChI is InChI=1S/C7H7Br.K/c8-6-7-4-2-1-3-5-7;/h1-5H,6H2;. The van der Waals surface area contributed by atoms with Crippen molar-refractivity contribution in [3.05, 3.63) is 35.9 Å². The molecule has 0 bridgehead atoms. The van der Waals surface area contributed by atoms with E-state index in [1.54, 1.807) is 0 Å². The molecule has 0 aliphatic heterocycles. The molecule has 0 saturated heterocycles. The second-order valence-electron chi connectivity index (χ2n) is 1.62. The normalized spacial score (nSPS) is 8.11. The molecule has 0 saturated carbocycles. The molecule has 1 rings (SSSR count). The SMILES string of the molecule is BrCc1ccccc1.[K]. The summed E-state index contributed by atoms with van der Waals surface area (Å²) >= 11 is 3.36. The van der Waals surface area contributed by atoms with Gasteiger partial charge in [-0.3, -0.25) is 0 Å². The summed E-state index contributed by atoms with van der Waals surface area (Å²) in [6.45, 7) is 0. The maximum atomic E-state index is 3.36. The minimum atomic E-state index is 0. The second kappa shape index (κ2) is 6.07. The van der Waals surface area contributed by atoms with E-state index in [1.165, 1.54) is 5.56 Å². The predicted octanol–water partition coefficient (Wildman–Crippen LogP) is 2.20. The van der Waals surface area contributed by atoms with E-state index in [0.717, 1.165) is 5.33 Å². The van der Waals surface area contributed by atoms with Gasteiger partial charge in [-0.2, -0.15) is 0 Å². The quantitative estimate of drug-likeness (QED) is 0.492. The molecule has 1 radical (unpaired) electrons. The van der Waals surface area contributed by atoms with E-state index in [4.69, 9.17) is 0 Å². The van der Waals surface area contributed by atoms with Crippen molar-refractivity contribution in [2.45, 2.75) is 5.33 Å². The molecule has 0 N–H and O–H groups in total. The van der Waals surface area contributed by atoms with Gasteiger partial charge in [-0.05, 0) is 5.56 Å². The van der Waals surface area contributed by atoms with Crippen LogP contribution in [0.4, 0.5) is 0 Å². The van der Waals surface area contributed by atoms with Crippen molar-refractivity contribution in [2.24, 2.45) is 0 Å². The Kier molecular flexibility index (Phi) is 6.97. The van der Waals surface area contributed by atoms with Crippen LogP contribution in [0, 0.1) is 0 Å². The molecule has 1 aromatic rings. The van der Waals surface area contributed by atoms with Crippen LogP contribution in [-0.2, 0) is 5.33 Å².